The Morgan fingerprint density at radius 2 is 2.21 bits per heavy atom. The predicted octanol–water partition coefficient (Wildman–Crippen LogP) is 0.249. The van der Waals surface area contributed by atoms with E-state index >= 15 is 0 Å². The molecular weight excluding hydrogens is 180 g/mol. The minimum Gasteiger partial charge on any atom is -0.396 e. The number of hydrogen-bond donors (Lipinski definition) is 3. The summed E-state index contributed by atoms with van der Waals surface area (Å²) in [5.41, 5.74) is 5.09. The highest BCUT2D eigenvalue weighted by Gasteiger charge is 2.25. The molecule has 0 aliphatic carbocycles. The third kappa shape index (κ3) is 4.07. The highest BCUT2D eigenvalue weighted by atomic mass is 16.3. The summed E-state index contributed by atoms with van der Waals surface area (Å²) in [5, 5.41) is 11.8. The quantitative estimate of drug-likeness (QED) is 0.578. The highest BCUT2D eigenvalue weighted by molar-refractivity contribution is 5.79. The monoisotopic (exact) mass is 202 g/mol. The van der Waals surface area contributed by atoms with Crippen molar-refractivity contribution >= 4 is 5.91 Å². The fourth-order valence-electron chi connectivity index (χ4n) is 1.10. The summed E-state index contributed by atoms with van der Waals surface area (Å²) >= 11 is 0. The zero-order chi connectivity index (χ0) is 11.2. The van der Waals surface area contributed by atoms with Gasteiger partial charge < -0.3 is 16.2 Å². The molecule has 0 aliphatic rings. The molecule has 0 aliphatic heterocycles. The summed E-state index contributed by atoms with van der Waals surface area (Å²) < 4.78 is 0. The molecular formula is C10H22N2O2. The van der Waals surface area contributed by atoms with Gasteiger partial charge in [0.15, 0.2) is 0 Å². The number of aliphatic hydroxyl groups is 1. The molecule has 0 fully saturated rings. The van der Waals surface area contributed by atoms with Crippen LogP contribution in [0.5, 0.6) is 0 Å². The van der Waals surface area contributed by atoms with Crippen LogP contribution in [0.4, 0.5) is 0 Å². The maximum absolute atomic E-state index is 11.6. The van der Waals surface area contributed by atoms with Gasteiger partial charge in [-0.05, 0) is 19.8 Å². The summed E-state index contributed by atoms with van der Waals surface area (Å²) in [7, 11) is 0. The van der Waals surface area contributed by atoms with Crippen LogP contribution in [0.15, 0.2) is 0 Å². The third-order valence-electron chi connectivity index (χ3n) is 2.67. The van der Waals surface area contributed by atoms with Crippen LogP contribution in [-0.2, 0) is 4.79 Å². The van der Waals surface area contributed by atoms with E-state index in [1.807, 2.05) is 13.8 Å². The molecule has 2 unspecified atom stereocenters. The number of rotatable bonds is 6. The van der Waals surface area contributed by atoms with E-state index in [2.05, 4.69) is 5.32 Å². The molecule has 0 heterocycles. The lowest BCUT2D eigenvalue weighted by Crippen LogP contribution is -2.49. The molecule has 1 amide bonds. The van der Waals surface area contributed by atoms with Crippen molar-refractivity contribution in [3.05, 3.63) is 0 Å². The van der Waals surface area contributed by atoms with Crippen LogP contribution < -0.4 is 11.1 Å². The molecule has 0 spiro atoms. The van der Waals surface area contributed by atoms with Gasteiger partial charge in [-0.2, -0.15) is 0 Å². The first-order valence-corrected chi connectivity index (χ1v) is 5.12. The molecule has 0 aromatic heterocycles. The first-order chi connectivity index (χ1) is 6.49. The fraction of sp³-hybridized carbons (Fsp3) is 0.900. The van der Waals surface area contributed by atoms with Gasteiger partial charge >= 0.3 is 0 Å². The van der Waals surface area contributed by atoms with Crippen molar-refractivity contribution in [1.29, 1.82) is 0 Å². The van der Waals surface area contributed by atoms with Crippen molar-refractivity contribution in [2.24, 2.45) is 11.7 Å². The molecule has 0 radical (unpaired) electrons. The number of nitrogens with one attached hydrogen (secondary N) is 1. The van der Waals surface area contributed by atoms with E-state index in [9.17, 15) is 4.79 Å². The molecule has 0 rings (SSSR count). The van der Waals surface area contributed by atoms with Gasteiger partial charge in [-0.15, -0.1) is 0 Å². The van der Waals surface area contributed by atoms with E-state index in [0.717, 1.165) is 6.42 Å². The van der Waals surface area contributed by atoms with Gasteiger partial charge in [0.05, 0.1) is 0 Å². The van der Waals surface area contributed by atoms with Gasteiger partial charge in [-0.25, -0.2) is 0 Å². The Morgan fingerprint density at radius 1 is 1.64 bits per heavy atom. The predicted molar refractivity (Wildman–Crippen MR) is 56.8 cm³/mol. The largest absolute Gasteiger partial charge is 0.396 e. The molecule has 4 heteroatoms. The molecule has 0 bridgehead atoms. The van der Waals surface area contributed by atoms with Crippen LogP contribution in [0.25, 0.3) is 0 Å². The van der Waals surface area contributed by atoms with Crippen molar-refractivity contribution in [2.75, 3.05) is 13.2 Å². The topological polar surface area (TPSA) is 75.3 Å². The van der Waals surface area contributed by atoms with Crippen LogP contribution in [-0.4, -0.2) is 29.7 Å². The molecule has 84 valence electrons. The van der Waals surface area contributed by atoms with Crippen LogP contribution >= 0.6 is 0 Å². The summed E-state index contributed by atoms with van der Waals surface area (Å²) in [4.78, 5) is 11.6. The Labute approximate surface area is 85.9 Å². The van der Waals surface area contributed by atoms with E-state index in [1.54, 1.807) is 6.92 Å². The third-order valence-corrected chi connectivity index (χ3v) is 2.67. The lowest BCUT2D eigenvalue weighted by molar-refractivity contribution is -0.126. The molecule has 14 heavy (non-hydrogen) atoms. The molecule has 2 atom stereocenters. The standard InChI is InChI=1S/C10H22N2O2/c1-4-10(3,5-6-13)12-9(14)8(2)7-11/h8,13H,4-7,11H2,1-3H3,(H,12,14). The van der Waals surface area contributed by atoms with Crippen molar-refractivity contribution in [2.45, 2.75) is 39.2 Å². The van der Waals surface area contributed by atoms with Crippen LogP contribution in [0, 0.1) is 5.92 Å². The lowest BCUT2D eigenvalue weighted by atomic mass is 9.94. The van der Waals surface area contributed by atoms with Crippen LogP contribution in [0.3, 0.4) is 0 Å². The molecule has 0 aromatic carbocycles. The van der Waals surface area contributed by atoms with Gasteiger partial charge in [0.25, 0.3) is 0 Å². The second-order valence-corrected chi connectivity index (χ2v) is 4.01. The van der Waals surface area contributed by atoms with E-state index in [0.29, 0.717) is 13.0 Å². The highest BCUT2D eigenvalue weighted by Crippen LogP contribution is 2.14. The number of amides is 1. The minimum absolute atomic E-state index is 0.0368. The maximum Gasteiger partial charge on any atom is 0.224 e. The maximum atomic E-state index is 11.6. The van der Waals surface area contributed by atoms with Crippen molar-refractivity contribution in [3.63, 3.8) is 0 Å². The summed E-state index contributed by atoms with van der Waals surface area (Å²) in [6.45, 7) is 6.16. The van der Waals surface area contributed by atoms with Gasteiger partial charge in [0.1, 0.15) is 0 Å². The smallest absolute Gasteiger partial charge is 0.224 e. The van der Waals surface area contributed by atoms with E-state index in [-0.39, 0.29) is 24.0 Å². The normalized spacial score (nSPS) is 17.2. The van der Waals surface area contributed by atoms with E-state index in [4.69, 9.17) is 10.8 Å². The number of nitrogens with two attached hydrogens (primary N) is 1. The summed E-state index contributed by atoms with van der Waals surface area (Å²) in [5.74, 6) is -0.204. The Morgan fingerprint density at radius 3 is 2.57 bits per heavy atom. The Balaban J connectivity index is 4.23. The first kappa shape index (κ1) is 13.4. The van der Waals surface area contributed by atoms with Gasteiger partial charge in [0.2, 0.25) is 5.91 Å². The number of aliphatic hydroxyl groups excluding tert-OH is 1. The second kappa shape index (κ2) is 5.98. The summed E-state index contributed by atoms with van der Waals surface area (Å²) in [6, 6.07) is 0. The fourth-order valence-corrected chi connectivity index (χ4v) is 1.10. The molecule has 4 nitrogen and oxygen atoms in total. The molecule has 0 saturated carbocycles. The number of carbonyl (C=O) groups excluding carboxylic acids is 1. The molecule has 0 saturated heterocycles. The van der Waals surface area contributed by atoms with Gasteiger partial charge in [-0.3, -0.25) is 4.79 Å². The Bertz CT molecular complexity index is 185. The lowest BCUT2D eigenvalue weighted by Gasteiger charge is -2.30. The van der Waals surface area contributed by atoms with Crippen molar-refractivity contribution in [1.82, 2.24) is 5.32 Å². The molecule has 0 aromatic rings. The van der Waals surface area contributed by atoms with Crippen molar-refractivity contribution in [3.8, 4) is 0 Å². The van der Waals surface area contributed by atoms with Crippen molar-refractivity contribution < 1.29 is 9.90 Å². The average molecular weight is 202 g/mol. The van der Waals surface area contributed by atoms with E-state index in [1.165, 1.54) is 0 Å². The van der Waals surface area contributed by atoms with Gasteiger partial charge in [0, 0.05) is 24.6 Å². The van der Waals surface area contributed by atoms with Gasteiger partial charge in [-0.1, -0.05) is 13.8 Å². The SMILES string of the molecule is CCC(C)(CCO)NC(=O)C(C)CN. The Kier molecular flexibility index (Phi) is 5.72. The van der Waals surface area contributed by atoms with E-state index < -0.39 is 0 Å². The van der Waals surface area contributed by atoms with Crippen LogP contribution in [0.1, 0.15) is 33.6 Å². The number of hydrogen-bond acceptors (Lipinski definition) is 3. The van der Waals surface area contributed by atoms with Crippen LogP contribution in [0.2, 0.25) is 0 Å². The zero-order valence-electron chi connectivity index (χ0n) is 9.34. The second-order valence-electron chi connectivity index (χ2n) is 4.01. The number of carbonyl (C=O) groups is 1. The zero-order valence-corrected chi connectivity index (χ0v) is 9.34. The molecule has 4 N–H and O–H groups in total. The first-order valence-electron chi connectivity index (χ1n) is 5.12. The summed E-state index contributed by atoms with van der Waals surface area (Å²) in [6.07, 6.45) is 1.38. The minimum atomic E-state index is -0.310. The Hall–Kier alpha value is -0.610. The average Bonchev–Trinajstić information content (AvgIpc) is 2.16.